The molecule has 0 spiro atoms. The van der Waals surface area contributed by atoms with Gasteiger partial charge in [0.25, 0.3) is 0 Å². The maximum atomic E-state index is 13.1. The van der Waals surface area contributed by atoms with E-state index in [0.717, 1.165) is 22.9 Å². The first-order valence-corrected chi connectivity index (χ1v) is 11.8. The number of amidine groups is 1. The minimum atomic E-state index is -3.03. The zero-order valence-electron chi connectivity index (χ0n) is 14.8. The molecule has 0 saturated carbocycles. The number of hydrogen-bond donors (Lipinski definition) is 0. The van der Waals surface area contributed by atoms with Crippen LogP contribution >= 0.6 is 11.8 Å². The molecule has 0 N–H and O–H groups in total. The van der Waals surface area contributed by atoms with E-state index in [-0.39, 0.29) is 29.4 Å². The van der Waals surface area contributed by atoms with Crippen molar-refractivity contribution in [1.82, 2.24) is 4.90 Å². The van der Waals surface area contributed by atoms with Gasteiger partial charge in [0.15, 0.2) is 15.0 Å². The van der Waals surface area contributed by atoms with E-state index >= 15 is 0 Å². The first-order valence-electron chi connectivity index (χ1n) is 8.96. The van der Waals surface area contributed by atoms with E-state index in [1.165, 1.54) is 17.7 Å². The van der Waals surface area contributed by atoms with Crippen molar-refractivity contribution in [3.05, 3.63) is 71.5 Å². The molecule has 0 aliphatic carbocycles. The monoisotopic (exact) mass is 404 g/mol. The summed E-state index contributed by atoms with van der Waals surface area (Å²) in [5.74, 6) is 0.862. The molecule has 4 nitrogen and oxygen atoms in total. The van der Waals surface area contributed by atoms with Gasteiger partial charge in [0.2, 0.25) is 0 Å². The Morgan fingerprint density at radius 2 is 1.78 bits per heavy atom. The fraction of sp³-hybridized carbons (Fsp3) is 0.350. The Labute approximate surface area is 163 Å². The lowest BCUT2D eigenvalue weighted by atomic mass is 10.1. The average Bonchev–Trinajstić information content (AvgIpc) is 3.12. The highest BCUT2D eigenvalue weighted by Gasteiger charge is 2.46. The minimum Gasteiger partial charge on any atom is -0.345 e. The van der Waals surface area contributed by atoms with Crippen LogP contribution in [0.4, 0.5) is 4.39 Å². The Bertz CT molecular complexity index is 930. The van der Waals surface area contributed by atoms with E-state index in [1.54, 1.807) is 23.9 Å². The second-order valence-electron chi connectivity index (χ2n) is 6.97. The summed E-state index contributed by atoms with van der Waals surface area (Å²) in [6.45, 7) is 0.683. The van der Waals surface area contributed by atoms with Crippen LogP contribution in [0.1, 0.15) is 11.1 Å². The lowest BCUT2D eigenvalue weighted by Gasteiger charge is -2.26. The van der Waals surface area contributed by atoms with E-state index in [1.807, 2.05) is 18.2 Å². The van der Waals surface area contributed by atoms with Gasteiger partial charge < -0.3 is 4.90 Å². The van der Waals surface area contributed by atoms with Crippen molar-refractivity contribution in [2.45, 2.75) is 24.3 Å². The maximum absolute atomic E-state index is 13.1. The molecule has 142 valence electrons. The molecular weight excluding hydrogens is 383 g/mol. The Morgan fingerprint density at radius 3 is 2.52 bits per heavy atom. The minimum absolute atomic E-state index is 0.0753. The number of hydrogen-bond acceptors (Lipinski definition) is 5. The Balaban J connectivity index is 1.48. The van der Waals surface area contributed by atoms with Crippen molar-refractivity contribution in [1.29, 1.82) is 0 Å². The molecule has 0 bridgehead atoms. The second kappa shape index (κ2) is 7.64. The van der Waals surface area contributed by atoms with Crippen molar-refractivity contribution in [3.63, 3.8) is 0 Å². The Morgan fingerprint density at radius 1 is 1.04 bits per heavy atom. The summed E-state index contributed by atoms with van der Waals surface area (Å²) in [6, 6.07) is 16.4. The molecule has 0 radical (unpaired) electrons. The van der Waals surface area contributed by atoms with Gasteiger partial charge in [-0.25, -0.2) is 12.8 Å². The van der Waals surface area contributed by atoms with Crippen molar-refractivity contribution in [2.24, 2.45) is 4.99 Å². The first-order chi connectivity index (χ1) is 13.0. The fourth-order valence-corrected chi connectivity index (χ4v) is 6.56. The Hall–Kier alpha value is -1.86. The number of halogens is 1. The molecule has 1 fully saturated rings. The molecule has 2 atom stereocenters. The van der Waals surface area contributed by atoms with Crippen molar-refractivity contribution >= 4 is 26.8 Å². The predicted molar refractivity (Wildman–Crippen MR) is 108 cm³/mol. The van der Waals surface area contributed by atoms with Crippen LogP contribution in [0.2, 0.25) is 0 Å². The summed E-state index contributed by atoms with van der Waals surface area (Å²) in [6.07, 6.45) is 0.731. The standard InChI is InChI=1S/C20H21FN2O2S2/c21-17-8-6-15(7-9-17)10-11-23-19-14-27(24,25)13-18(19)22-20(23)26-12-16-4-2-1-3-5-16/h1-9,18-19H,10-14H2/t18-,19+/m1/s1. The summed E-state index contributed by atoms with van der Waals surface area (Å²) in [4.78, 5) is 6.88. The van der Waals surface area contributed by atoms with Crippen LogP contribution in [0.5, 0.6) is 0 Å². The highest BCUT2D eigenvalue weighted by atomic mass is 32.2. The molecule has 2 aromatic rings. The van der Waals surface area contributed by atoms with Crippen molar-refractivity contribution in [3.8, 4) is 0 Å². The predicted octanol–water partition coefficient (Wildman–Crippen LogP) is 3.14. The molecule has 2 aromatic carbocycles. The molecular formula is C20H21FN2O2S2. The molecule has 2 aliphatic heterocycles. The van der Waals surface area contributed by atoms with Gasteiger partial charge in [-0.2, -0.15) is 0 Å². The van der Waals surface area contributed by atoms with E-state index in [2.05, 4.69) is 17.0 Å². The van der Waals surface area contributed by atoms with Gasteiger partial charge in [0.1, 0.15) is 5.82 Å². The quantitative estimate of drug-likeness (QED) is 0.768. The van der Waals surface area contributed by atoms with Crippen molar-refractivity contribution in [2.75, 3.05) is 18.1 Å². The van der Waals surface area contributed by atoms with E-state index in [9.17, 15) is 12.8 Å². The Kier molecular flexibility index (Phi) is 5.23. The number of sulfone groups is 1. The number of fused-ring (bicyclic) bond motifs is 1. The average molecular weight is 405 g/mol. The molecule has 7 heteroatoms. The van der Waals surface area contributed by atoms with Crippen LogP contribution in [0.15, 0.2) is 59.6 Å². The third kappa shape index (κ3) is 4.35. The lowest BCUT2D eigenvalue weighted by molar-refractivity contribution is 0.352. The molecule has 2 aliphatic rings. The highest BCUT2D eigenvalue weighted by Crippen LogP contribution is 2.32. The van der Waals surface area contributed by atoms with Gasteiger partial charge in [0, 0.05) is 12.3 Å². The van der Waals surface area contributed by atoms with Crippen LogP contribution in [0.25, 0.3) is 0 Å². The number of nitrogens with zero attached hydrogens (tertiary/aromatic N) is 2. The van der Waals surface area contributed by atoms with Crippen LogP contribution in [0.3, 0.4) is 0 Å². The summed E-state index contributed by atoms with van der Waals surface area (Å²) in [5.41, 5.74) is 2.25. The van der Waals surface area contributed by atoms with Gasteiger partial charge in [0.05, 0.1) is 23.6 Å². The van der Waals surface area contributed by atoms with Gasteiger partial charge in [-0.3, -0.25) is 4.99 Å². The van der Waals surface area contributed by atoms with Crippen LogP contribution in [0, 0.1) is 5.82 Å². The molecule has 1 saturated heterocycles. The third-order valence-electron chi connectivity index (χ3n) is 4.98. The zero-order valence-corrected chi connectivity index (χ0v) is 16.4. The van der Waals surface area contributed by atoms with E-state index < -0.39 is 9.84 Å². The van der Waals surface area contributed by atoms with Gasteiger partial charge in [-0.05, 0) is 29.7 Å². The van der Waals surface area contributed by atoms with Crippen LogP contribution < -0.4 is 0 Å². The van der Waals surface area contributed by atoms with Gasteiger partial charge >= 0.3 is 0 Å². The molecule has 4 rings (SSSR count). The summed E-state index contributed by atoms with van der Waals surface area (Å²) in [5, 5.41) is 0.922. The summed E-state index contributed by atoms with van der Waals surface area (Å²) in [7, 11) is -3.03. The molecule has 0 amide bonds. The number of benzene rings is 2. The smallest absolute Gasteiger partial charge is 0.160 e. The molecule has 0 aromatic heterocycles. The fourth-order valence-electron chi connectivity index (χ4n) is 3.59. The largest absolute Gasteiger partial charge is 0.345 e. The van der Waals surface area contributed by atoms with Gasteiger partial charge in [-0.1, -0.05) is 54.2 Å². The summed E-state index contributed by atoms with van der Waals surface area (Å²) < 4.78 is 37.2. The molecule has 0 unspecified atom stereocenters. The van der Waals surface area contributed by atoms with Crippen LogP contribution in [-0.4, -0.2) is 48.6 Å². The third-order valence-corrected chi connectivity index (χ3v) is 7.76. The first kappa shape index (κ1) is 18.5. The highest BCUT2D eigenvalue weighted by molar-refractivity contribution is 8.13. The second-order valence-corrected chi connectivity index (χ2v) is 10.1. The van der Waals surface area contributed by atoms with Crippen molar-refractivity contribution < 1.29 is 12.8 Å². The van der Waals surface area contributed by atoms with E-state index in [0.29, 0.717) is 6.54 Å². The topological polar surface area (TPSA) is 49.7 Å². The number of rotatable bonds is 5. The summed E-state index contributed by atoms with van der Waals surface area (Å²) >= 11 is 1.66. The van der Waals surface area contributed by atoms with Crippen LogP contribution in [-0.2, 0) is 22.0 Å². The van der Waals surface area contributed by atoms with Gasteiger partial charge in [-0.15, -0.1) is 0 Å². The SMILES string of the molecule is O=S1(=O)C[C@H]2N=C(SCc3ccccc3)N(CCc3ccc(F)cc3)[C@H]2C1. The molecule has 2 heterocycles. The van der Waals surface area contributed by atoms with E-state index in [4.69, 9.17) is 4.99 Å². The molecule has 27 heavy (non-hydrogen) atoms. The number of thioether (sulfide) groups is 1. The lowest BCUT2D eigenvalue weighted by Crippen LogP contribution is -2.40. The number of aliphatic imine (C=N–C) groups is 1. The normalized spacial score (nSPS) is 23.3. The zero-order chi connectivity index (χ0) is 18.9. The maximum Gasteiger partial charge on any atom is 0.160 e.